The summed E-state index contributed by atoms with van der Waals surface area (Å²) in [6, 6.07) is 16.2. The van der Waals surface area contributed by atoms with E-state index in [1.54, 1.807) is 0 Å². The van der Waals surface area contributed by atoms with Crippen LogP contribution in [0.1, 0.15) is 44.8 Å². The van der Waals surface area contributed by atoms with Crippen molar-refractivity contribution in [2.45, 2.75) is 39.2 Å². The summed E-state index contributed by atoms with van der Waals surface area (Å²) in [6.07, 6.45) is 4.33. The number of hydrogen-bond donors (Lipinski definition) is 2. The Kier molecular flexibility index (Phi) is 7.52. The van der Waals surface area contributed by atoms with Crippen LogP contribution in [0.2, 0.25) is 0 Å². The summed E-state index contributed by atoms with van der Waals surface area (Å²) >= 11 is 1.52. The molecule has 0 unspecified atom stereocenters. The van der Waals surface area contributed by atoms with Gasteiger partial charge in [0.1, 0.15) is 0 Å². The number of carbonyl (C=O) groups is 2. The Balaban J connectivity index is 1.21. The second-order valence-electron chi connectivity index (χ2n) is 8.68. The van der Waals surface area contributed by atoms with Crippen LogP contribution in [0.4, 0.5) is 5.13 Å². The van der Waals surface area contributed by atoms with E-state index in [2.05, 4.69) is 51.7 Å². The first-order chi connectivity index (χ1) is 16.0. The maximum atomic E-state index is 12.5. The fraction of sp³-hybridized carbons (Fsp3) is 0.346. The first-order valence-electron chi connectivity index (χ1n) is 11.4. The molecule has 6 nitrogen and oxygen atoms in total. The van der Waals surface area contributed by atoms with E-state index in [-0.39, 0.29) is 17.9 Å². The zero-order chi connectivity index (χ0) is 23.2. The summed E-state index contributed by atoms with van der Waals surface area (Å²) in [7, 11) is 0. The number of aryl methyl sites for hydroxylation is 2. The van der Waals surface area contributed by atoms with Gasteiger partial charge in [-0.25, -0.2) is 4.98 Å². The molecule has 0 radical (unpaired) electrons. The quantitative estimate of drug-likeness (QED) is 0.552. The van der Waals surface area contributed by atoms with Gasteiger partial charge in [0.15, 0.2) is 5.13 Å². The third-order valence-electron chi connectivity index (χ3n) is 5.94. The Bertz CT molecular complexity index is 1120. The van der Waals surface area contributed by atoms with Crippen molar-refractivity contribution < 1.29 is 9.59 Å². The SMILES string of the molecule is Cc1cccc(Cc2cnc(NC(=O)CN3CCC(NC(=O)c4ccccc4C)CC3)s2)c1. The molecule has 1 aliphatic heterocycles. The third-order valence-corrected chi connectivity index (χ3v) is 6.85. The molecular formula is C26H30N4O2S. The van der Waals surface area contributed by atoms with Gasteiger partial charge >= 0.3 is 0 Å². The normalized spacial score (nSPS) is 14.7. The molecule has 33 heavy (non-hydrogen) atoms. The van der Waals surface area contributed by atoms with Crippen molar-refractivity contribution in [3.8, 4) is 0 Å². The Morgan fingerprint density at radius 2 is 1.88 bits per heavy atom. The highest BCUT2D eigenvalue weighted by atomic mass is 32.1. The molecule has 7 heteroatoms. The standard InChI is InChI=1S/C26H30N4O2S/c1-18-6-5-8-20(14-18)15-22-16-27-26(33-22)29-24(31)17-30-12-10-21(11-13-30)28-25(32)23-9-4-3-7-19(23)2/h3-9,14,16,21H,10-13,15,17H2,1-2H3,(H,28,32)(H,27,29,31). The molecule has 2 amide bonds. The Hall–Kier alpha value is -3.03. The highest BCUT2D eigenvalue weighted by Gasteiger charge is 2.23. The monoisotopic (exact) mass is 462 g/mol. The van der Waals surface area contributed by atoms with Crippen LogP contribution in [0.15, 0.2) is 54.7 Å². The van der Waals surface area contributed by atoms with Gasteiger partial charge in [0.05, 0.1) is 6.54 Å². The lowest BCUT2D eigenvalue weighted by atomic mass is 10.0. The van der Waals surface area contributed by atoms with E-state index in [1.165, 1.54) is 22.5 Å². The first-order valence-corrected chi connectivity index (χ1v) is 12.2. The number of carbonyl (C=O) groups excluding carboxylic acids is 2. The van der Waals surface area contributed by atoms with Gasteiger partial charge < -0.3 is 10.6 Å². The van der Waals surface area contributed by atoms with Crippen molar-refractivity contribution in [1.82, 2.24) is 15.2 Å². The Morgan fingerprint density at radius 3 is 2.64 bits per heavy atom. The van der Waals surface area contributed by atoms with Crippen molar-refractivity contribution in [3.63, 3.8) is 0 Å². The third kappa shape index (κ3) is 6.49. The van der Waals surface area contributed by atoms with Crippen LogP contribution in [0.3, 0.4) is 0 Å². The molecule has 0 saturated carbocycles. The van der Waals surface area contributed by atoms with Gasteiger partial charge in [-0.1, -0.05) is 48.0 Å². The summed E-state index contributed by atoms with van der Waals surface area (Å²) in [5, 5.41) is 6.72. The zero-order valence-electron chi connectivity index (χ0n) is 19.1. The number of hydrogen-bond acceptors (Lipinski definition) is 5. The molecule has 4 rings (SSSR count). The van der Waals surface area contributed by atoms with E-state index in [0.29, 0.717) is 11.7 Å². The van der Waals surface area contributed by atoms with Crippen LogP contribution in [-0.4, -0.2) is 47.4 Å². The van der Waals surface area contributed by atoms with E-state index >= 15 is 0 Å². The lowest BCUT2D eigenvalue weighted by Gasteiger charge is -2.31. The number of benzene rings is 2. The van der Waals surface area contributed by atoms with E-state index in [4.69, 9.17) is 0 Å². The van der Waals surface area contributed by atoms with Crippen LogP contribution < -0.4 is 10.6 Å². The molecule has 0 spiro atoms. The lowest BCUT2D eigenvalue weighted by Crippen LogP contribution is -2.46. The summed E-state index contributed by atoms with van der Waals surface area (Å²) in [6.45, 7) is 5.93. The van der Waals surface area contributed by atoms with Crippen LogP contribution in [0.25, 0.3) is 0 Å². The molecular weight excluding hydrogens is 432 g/mol. The Labute approximate surface area is 199 Å². The van der Waals surface area contributed by atoms with E-state index in [0.717, 1.165) is 48.4 Å². The maximum Gasteiger partial charge on any atom is 0.251 e. The van der Waals surface area contributed by atoms with Gasteiger partial charge in [-0.3, -0.25) is 14.5 Å². The second-order valence-corrected chi connectivity index (χ2v) is 9.80. The predicted octanol–water partition coefficient (Wildman–Crippen LogP) is 4.18. The minimum absolute atomic E-state index is 0.0190. The number of likely N-dealkylation sites (tertiary alicyclic amines) is 1. The van der Waals surface area contributed by atoms with Gasteiger partial charge in [0.2, 0.25) is 5.91 Å². The molecule has 0 aliphatic carbocycles. The van der Waals surface area contributed by atoms with Crippen LogP contribution >= 0.6 is 11.3 Å². The highest BCUT2D eigenvalue weighted by molar-refractivity contribution is 7.15. The summed E-state index contributed by atoms with van der Waals surface area (Å²) in [5.41, 5.74) is 4.19. The first kappa shape index (κ1) is 23.1. The molecule has 1 aromatic heterocycles. The molecule has 2 N–H and O–H groups in total. The number of amides is 2. The molecule has 0 atom stereocenters. The van der Waals surface area contributed by atoms with Gasteiger partial charge in [0.25, 0.3) is 5.91 Å². The number of piperidine rings is 1. The fourth-order valence-electron chi connectivity index (χ4n) is 4.16. The van der Waals surface area contributed by atoms with Gasteiger partial charge in [-0.2, -0.15) is 0 Å². The van der Waals surface area contributed by atoms with Crippen molar-refractivity contribution in [1.29, 1.82) is 0 Å². The van der Waals surface area contributed by atoms with Crippen molar-refractivity contribution in [2.24, 2.45) is 0 Å². The van der Waals surface area contributed by atoms with E-state index in [9.17, 15) is 9.59 Å². The molecule has 1 fully saturated rings. The average molecular weight is 463 g/mol. The number of anilines is 1. The smallest absolute Gasteiger partial charge is 0.251 e. The van der Waals surface area contributed by atoms with Gasteiger partial charge in [0, 0.05) is 42.2 Å². The van der Waals surface area contributed by atoms with E-state index < -0.39 is 0 Å². The zero-order valence-corrected chi connectivity index (χ0v) is 20.0. The van der Waals surface area contributed by atoms with Crippen LogP contribution in [-0.2, 0) is 11.2 Å². The van der Waals surface area contributed by atoms with Crippen LogP contribution in [0, 0.1) is 13.8 Å². The minimum atomic E-state index is -0.0474. The highest BCUT2D eigenvalue weighted by Crippen LogP contribution is 2.22. The predicted molar refractivity (Wildman–Crippen MR) is 133 cm³/mol. The Morgan fingerprint density at radius 1 is 1.09 bits per heavy atom. The van der Waals surface area contributed by atoms with Gasteiger partial charge in [-0.15, -0.1) is 11.3 Å². The van der Waals surface area contributed by atoms with Crippen molar-refractivity contribution in [2.75, 3.05) is 25.0 Å². The van der Waals surface area contributed by atoms with E-state index in [1.807, 2.05) is 37.4 Å². The molecule has 1 aliphatic rings. The molecule has 172 valence electrons. The molecule has 2 aromatic carbocycles. The summed E-state index contributed by atoms with van der Waals surface area (Å²) in [5.74, 6) is -0.0663. The molecule has 3 aromatic rings. The number of rotatable bonds is 7. The molecule has 0 bridgehead atoms. The second kappa shape index (κ2) is 10.7. The van der Waals surface area contributed by atoms with Gasteiger partial charge in [-0.05, 0) is 43.9 Å². The van der Waals surface area contributed by atoms with Crippen LogP contribution in [0.5, 0.6) is 0 Å². The number of nitrogens with one attached hydrogen (secondary N) is 2. The maximum absolute atomic E-state index is 12.5. The fourth-order valence-corrected chi connectivity index (χ4v) is 5.02. The number of thiazole rings is 1. The topological polar surface area (TPSA) is 74.3 Å². The lowest BCUT2D eigenvalue weighted by molar-refractivity contribution is -0.117. The largest absolute Gasteiger partial charge is 0.349 e. The number of aromatic nitrogens is 1. The van der Waals surface area contributed by atoms with Crippen molar-refractivity contribution >= 4 is 28.3 Å². The molecule has 1 saturated heterocycles. The number of nitrogens with zero attached hydrogens (tertiary/aromatic N) is 2. The minimum Gasteiger partial charge on any atom is -0.349 e. The van der Waals surface area contributed by atoms with Crippen molar-refractivity contribution in [3.05, 3.63) is 81.9 Å². The molecule has 2 heterocycles. The average Bonchev–Trinajstić information content (AvgIpc) is 3.21. The summed E-state index contributed by atoms with van der Waals surface area (Å²) < 4.78 is 0. The summed E-state index contributed by atoms with van der Waals surface area (Å²) in [4.78, 5) is 32.7.